The van der Waals surface area contributed by atoms with E-state index in [0.717, 1.165) is 6.54 Å². The number of rotatable bonds is 3. The van der Waals surface area contributed by atoms with Crippen LogP contribution in [0.5, 0.6) is 0 Å². The SMILES string of the molecule is O=C(NCC1CCC1)c1cc(Cl)cc(Cl)c1. The minimum atomic E-state index is -0.101. The molecular weight excluding hydrogens is 245 g/mol. The summed E-state index contributed by atoms with van der Waals surface area (Å²) in [4.78, 5) is 11.8. The van der Waals surface area contributed by atoms with Crippen molar-refractivity contribution < 1.29 is 4.79 Å². The van der Waals surface area contributed by atoms with Gasteiger partial charge in [-0.3, -0.25) is 4.79 Å². The maximum Gasteiger partial charge on any atom is 0.251 e. The number of carbonyl (C=O) groups is 1. The van der Waals surface area contributed by atoms with Crippen molar-refractivity contribution in [1.29, 1.82) is 0 Å². The van der Waals surface area contributed by atoms with Gasteiger partial charge in [-0.25, -0.2) is 0 Å². The van der Waals surface area contributed by atoms with Crippen molar-refractivity contribution in [3.8, 4) is 0 Å². The first-order valence-electron chi connectivity index (χ1n) is 5.39. The molecule has 1 aliphatic carbocycles. The molecule has 0 aromatic heterocycles. The van der Waals surface area contributed by atoms with Gasteiger partial charge in [0.2, 0.25) is 0 Å². The smallest absolute Gasteiger partial charge is 0.251 e. The number of hydrogen-bond acceptors (Lipinski definition) is 1. The van der Waals surface area contributed by atoms with Gasteiger partial charge in [0, 0.05) is 22.2 Å². The lowest BCUT2D eigenvalue weighted by molar-refractivity contribution is 0.0939. The predicted molar refractivity (Wildman–Crippen MR) is 66.1 cm³/mol. The Morgan fingerprint density at radius 2 is 1.88 bits per heavy atom. The molecule has 1 aliphatic rings. The monoisotopic (exact) mass is 257 g/mol. The number of carbonyl (C=O) groups excluding carboxylic acids is 1. The molecule has 0 saturated heterocycles. The Labute approximate surface area is 105 Å². The Morgan fingerprint density at radius 1 is 1.25 bits per heavy atom. The Balaban J connectivity index is 1.96. The molecule has 0 heterocycles. The van der Waals surface area contributed by atoms with Gasteiger partial charge in [-0.05, 0) is 37.0 Å². The standard InChI is InChI=1S/C12H13Cl2NO/c13-10-4-9(5-11(14)6-10)12(16)15-7-8-2-1-3-8/h4-6,8H,1-3,7H2,(H,15,16). The van der Waals surface area contributed by atoms with Crippen LogP contribution < -0.4 is 5.32 Å². The second-order valence-corrected chi connectivity index (χ2v) is 5.04. The van der Waals surface area contributed by atoms with Crippen LogP contribution in [0.2, 0.25) is 10.0 Å². The van der Waals surface area contributed by atoms with E-state index in [1.165, 1.54) is 19.3 Å². The first-order valence-corrected chi connectivity index (χ1v) is 6.15. The van der Waals surface area contributed by atoms with Gasteiger partial charge in [0.25, 0.3) is 5.91 Å². The van der Waals surface area contributed by atoms with Gasteiger partial charge in [0.05, 0.1) is 0 Å². The van der Waals surface area contributed by atoms with Crippen LogP contribution in [0.3, 0.4) is 0 Å². The third kappa shape index (κ3) is 2.89. The molecule has 1 saturated carbocycles. The summed E-state index contributed by atoms with van der Waals surface area (Å²) in [5.41, 5.74) is 0.525. The zero-order valence-corrected chi connectivity index (χ0v) is 10.3. The highest BCUT2D eigenvalue weighted by Crippen LogP contribution is 2.25. The molecule has 0 spiro atoms. The van der Waals surface area contributed by atoms with Crippen LogP contribution in [0.15, 0.2) is 18.2 Å². The Bertz CT molecular complexity index is 382. The van der Waals surface area contributed by atoms with Gasteiger partial charge in [0.15, 0.2) is 0 Å². The quantitative estimate of drug-likeness (QED) is 0.882. The normalized spacial score (nSPS) is 15.6. The van der Waals surface area contributed by atoms with Crippen molar-refractivity contribution in [2.75, 3.05) is 6.54 Å². The number of amides is 1. The summed E-state index contributed by atoms with van der Waals surface area (Å²) in [6.07, 6.45) is 3.72. The predicted octanol–water partition coefficient (Wildman–Crippen LogP) is 3.52. The molecule has 0 aliphatic heterocycles. The van der Waals surface area contributed by atoms with Gasteiger partial charge in [0.1, 0.15) is 0 Å². The lowest BCUT2D eigenvalue weighted by Crippen LogP contribution is -2.32. The highest BCUT2D eigenvalue weighted by Gasteiger charge is 2.18. The van der Waals surface area contributed by atoms with Crippen LogP contribution in [0.4, 0.5) is 0 Å². The molecule has 4 heteroatoms. The Hall–Kier alpha value is -0.730. The summed E-state index contributed by atoms with van der Waals surface area (Å²) >= 11 is 11.7. The van der Waals surface area contributed by atoms with Gasteiger partial charge in [-0.2, -0.15) is 0 Å². The Kier molecular flexibility index (Phi) is 3.72. The summed E-state index contributed by atoms with van der Waals surface area (Å²) in [5.74, 6) is 0.551. The van der Waals surface area contributed by atoms with Crippen LogP contribution >= 0.6 is 23.2 Å². The molecule has 1 fully saturated rings. The topological polar surface area (TPSA) is 29.1 Å². The van der Waals surface area contributed by atoms with Crippen molar-refractivity contribution in [1.82, 2.24) is 5.32 Å². The van der Waals surface area contributed by atoms with E-state index in [-0.39, 0.29) is 5.91 Å². The van der Waals surface area contributed by atoms with Crippen molar-refractivity contribution in [2.24, 2.45) is 5.92 Å². The maximum absolute atomic E-state index is 11.8. The van der Waals surface area contributed by atoms with E-state index in [0.29, 0.717) is 21.5 Å². The first-order chi connectivity index (χ1) is 7.65. The largest absolute Gasteiger partial charge is 0.352 e. The molecule has 86 valence electrons. The zero-order chi connectivity index (χ0) is 11.5. The van der Waals surface area contributed by atoms with Crippen molar-refractivity contribution >= 4 is 29.1 Å². The molecule has 16 heavy (non-hydrogen) atoms. The first kappa shape index (κ1) is 11.7. The number of nitrogens with one attached hydrogen (secondary N) is 1. The fourth-order valence-corrected chi connectivity index (χ4v) is 2.25. The molecule has 2 nitrogen and oxygen atoms in total. The summed E-state index contributed by atoms with van der Waals surface area (Å²) in [7, 11) is 0. The van der Waals surface area contributed by atoms with Crippen LogP contribution in [0.25, 0.3) is 0 Å². The molecule has 1 N–H and O–H groups in total. The molecule has 2 rings (SSSR count). The third-order valence-corrected chi connectivity index (χ3v) is 3.34. The lowest BCUT2D eigenvalue weighted by atomic mass is 9.85. The average Bonchev–Trinajstić information content (AvgIpc) is 2.13. The second-order valence-electron chi connectivity index (χ2n) is 4.17. The van der Waals surface area contributed by atoms with Crippen LogP contribution in [0, 0.1) is 5.92 Å². The van der Waals surface area contributed by atoms with E-state index >= 15 is 0 Å². The highest BCUT2D eigenvalue weighted by atomic mass is 35.5. The maximum atomic E-state index is 11.8. The molecule has 1 amide bonds. The van der Waals surface area contributed by atoms with Crippen molar-refractivity contribution in [3.63, 3.8) is 0 Å². The molecule has 0 radical (unpaired) electrons. The van der Waals surface area contributed by atoms with Gasteiger partial charge < -0.3 is 5.32 Å². The third-order valence-electron chi connectivity index (χ3n) is 2.90. The van der Waals surface area contributed by atoms with E-state index in [2.05, 4.69) is 5.32 Å². The van der Waals surface area contributed by atoms with E-state index in [9.17, 15) is 4.79 Å². The molecule has 1 aromatic carbocycles. The summed E-state index contributed by atoms with van der Waals surface area (Å²) in [5, 5.41) is 3.87. The number of halogens is 2. The van der Waals surface area contributed by atoms with E-state index in [4.69, 9.17) is 23.2 Å². The van der Waals surface area contributed by atoms with Crippen LogP contribution in [0.1, 0.15) is 29.6 Å². The van der Waals surface area contributed by atoms with Gasteiger partial charge >= 0.3 is 0 Å². The van der Waals surface area contributed by atoms with E-state index in [1.807, 2.05) is 0 Å². The Morgan fingerprint density at radius 3 is 2.38 bits per heavy atom. The summed E-state index contributed by atoms with van der Waals surface area (Å²) in [6.45, 7) is 0.753. The zero-order valence-electron chi connectivity index (χ0n) is 8.80. The van der Waals surface area contributed by atoms with Crippen LogP contribution in [-0.4, -0.2) is 12.5 Å². The van der Waals surface area contributed by atoms with Crippen molar-refractivity contribution in [2.45, 2.75) is 19.3 Å². The summed E-state index contributed by atoms with van der Waals surface area (Å²) in [6, 6.07) is 4.87. The summed E-state index contributed by atoms with van der Waals surface area (Å²) < 4.78 is 0. The minimum absolute atomic E-state index is 0.101. The minimum Gasteiger partial charge on any atom is -0.352 e. The molecule has 0 bridgehead atoms. The van der Waals surface area contributed by atoms with E-state index < -0.39 is 0 Å². The van der Waals surface area contributed by atoms with Crippen LogP contribution in [-0.2, 0) is 0 Å². The number of hydrogen-bond donors (Lipinski definition) is 1. The molecule has 0 atom stereocenters. The molecule has 0 unspecified atom stereocenters. The average molecular weight is 258 g/mol. The second kappa shape index (κ2) is 5.07. The van der Waals surface area contributed by atoms with E-state index in [1.54, 1.807) is 18.2 Å². The van der Waals surface area contributed by atoms with Gasteiger partial charge in [-0.1, -0.05) is 29.6 Å². The van der Waals surface area contributed by atoms with Crippen molar-refractivity contribution in [3.05, 3.63) is 33.8 Å². The molecule has 1 aromatic rings. The molecular formula is C12H13Cl2NO. The highest BCUT2D eigenvalue weighted by molar-refractivity contribution is 6.35. The fraction of sp³-hybridized carbons (Fsp3) is 0.417. The number of benzene rings is 1. The fourth-order valence-electron chi connectivity index (χ4n) is 1.72. The van der Waals surface area contributed by atoms with Gasteiger partial charge in [-0.15, -0.1) is 0 Å². The lowest BCUT2D eigenvalue weighted by Gasteiger charge is -2.25.